The Hall–Kier alpha value is -3.39. The maximum absolute atomic E-state index is 12.4. The van der Waals surface area contributed by atoms with Gasteiger partial charge in [0.15, 0.2) is 0 Å². The lowest BCUT2D eigenvalue weighted by molar-refractivity contribution is -0.142. The van der Waals surface area contributed by atoms with E-state index in [9.17, 15) is 24.6 Å². The number of hydrogen-bond donors (Lipinski definition) is 3. The highest BCUT2D eigenvalue weighted by Gasteiger charge is 2.37. The predicted octanol–water partition coefficient (Wildman–Crippen LogP) is 2.46. The number of likely N-dealkylation sites (tertiary alicyclic amines) is 1. The molecular formula is C25H28N2O6. The molecule has 33 heavy (non-hydrogen) atoms. The molecule has 2 aromatic carbocycles. The lowest BCUT2D eigenvalue weighted by Crippen LogP contribution is -2.38. The molecule has 8 heteroatoms. The summed E-state index contributed by atoms with van der Waals surface area (Å²) in [5, 5.41) is 21.9. The predicted molar refractivity (Wildman–Crippen MR) is 121 cm³/mol. The van der Waals surface area contributed by atoms with Gasteiger partial charge in [-0.1, -0.05) is 55.5 Å². The maximum atomic E-state index is 12.4. The number of aliphatic hydroxyl groups is 1. The van der Waals surface area contributed by atoms with Crippen molar-refractivity contribution < 1.29 is 29.3 Å². The first kappa shape index (κ1) is 22.8. The van der Waals surface area contributed by atoms with Gasteiger partial charge in [-0.25, -0.2) is 4.79 Å². The van der Waals surface area contributed by atoms with Gasteiger partial charge in [0.1, 0.15) is 6.61 Å². The van der Waals surface area contributed by atoms with E-state index in [2.05, 4.69) is 17.4 Å². The maximum Gasteiger partial charge on any atom is 0.407 e. The van der Waals surface area contributed by atoms with Gasteiger partial charge in [-0.2, -0.15) is 0 Å². The van der Waals surface area contributed by atoms with Crippen LogP contribution in [-0.4, -0.2) is 65.4 Å². The number of ether oxygens (including phenoxy) is 1. The van der Waals surface area contributed by atoms with Crippen molar-refractivity contribution in [2.24, 2.45) is 11.8 Å². The number of carbonyl (C=O) groups excluding carboxylic acids is 2. The zero-order valence-electron chi connectivity index (χ0n) is 18.4. The fourth-order valence-electron chi connectivity index (χ4n) is 4.75. The second-order valence-electron chi connectivity index (χ2n) is 8.79. The van der Waals surface area contributed by atoms with Crippen molar-refractivity contribution in [2.75, 3.05) is 26.2 Å². The molecule has 0 aromatic heterocycles. The lowest BCUT2D eigenvalue weighted by Gasteiger charge is -2.19. The van der Waals surface area contributed by atoms with Crippen molar-refractivity contribution in [1.29, 1.82) is 0 Å². The minimum absolute atomic E-state index is 0.0611. The standard InChI is InChI=1S/C25H28N2O6/c1-15-12-27(13-21(15)24(30)31)23(29)10-16(28)11-26-25(32)33-14-22-19-8-4-2-6-17(19)18-7-3-5-9-20(18)22/h2-9,15-16,21-22,28H,10-14H2,1H3,(H,26,32)(H,30,31)/t15-,16?,21-/m1/s1. The Morgan fingerprint density at radius 3 is 2.24 bits per heavy atom. The number of aliphatic carboxylic acids is 1. The normalized spacial score (nSPS) is 20.1. The third kappa shape index (κ3) is 4.85. The molecular weight excluding hydrogens is 424 g/mol. The third-order valence-electron chi connectivity index (χ3n) is 6.52. The van der Waals surface area contributed by atoms with E-state index in [4.69, 9.17) is 4.74 Å². The third-order valence-corrected chi connectivity index (χ3v) is 6.52. The van der Waals surface area contributed by atoms with Gasteiger partial charge in [-0.3, -0.25) is 9.59 Å². The molecule has 174 valence electrons. The van der Waals surface area contributed by atoms with E-state index in [1.165, 1.54) is 4.90 Å². The molecule has 1 aliphatic carbocycles. The van der Waals surface area contributed by atoms with Gasteiger partial charge in [0.25, 0.3) is 0 Å². The first-order chi connectivity index (χ1) is 15.8. The Balaban J connectivity index is 1.25. The van der Waals surface area contributed by atoms with Crippen LogP contribution < -0.4 is 5.32 Å². The van der Waals surface area contributed by atoms with Crippen LogP contribution in [0.1, 0.15) is 30.4 Å². The topological polar surface area (TPSA) is 116 Å². The summed E-state index contributed by atoms with van der Waals surface area (Å²) in [7, 11) is 0. The highest BCUT2D eigenvalue weighted by molar-refractivity contribution is 5.80. The summed E-state index contributed by atoms with van der Waals surface area (Å²) in [5.41, 5.74) is 4.49. The van der Waals surface area contributed by atoms with Gasteiger partial charge in [0.05, 0.1) is 18.4 Å². The quantitative estimate of drug-likeness (QED) is 0.594. The number of alkyl carbamates (subject to hydrolysis) is 1. The highest BCUT2D eigenvalue weighted by atomic mass is 16.5. The number of aliphatic hydroxyl groups excluding tert-OH is 1. The molecule has 4 rings (SSSR count). The first-order valence-corrected chi connectivity index (χ1v) is 11.1. The highest BCUT2D eigenvalue weighted by Crippen LogP contribution is 2.44. The van der Waals surface area contributed by atoms with Crippen LogP contribution >= 0.6 is 0 Å². The van der Waals surface area contributed by atoms with E-state index in [1.807, 2.05) is 36.4 Å². The van der Waals surface area contributed by atoms with Crippen molar-refractivity contribution >= 4 is 18.0 Å². The van der Waals surface area contributed by atoms with Crippen LogP contribution in [0, 0.1) is 11.8 Å². The van der Waals surface area contributed by atoms with Crippen LogP contribution in [-0.2, 0) is 14.3 Å². The summed E-state index contributed by atoms with van der Waals surface area (Å²) in [6.07, 6.45) is -1.94. The Morgan fingerprint density at radius 2 is 1.67 bits per heavy atom. The number of nitrogens with zero attached hydrogens (tertiary/aromatic N) is 1. The molecule has 1 heterocycles. The molecule has 0 spiro atoms. The van der Waals surface area contributed by atoms with Crippen molar-refractivity contribution in [1.82, 2.24) is 10.2 Å². The van der Waals surface area contributed by atoms with Crippen molar-refractivity contribution in [2.45, 2.75) is 25.4 Å². The molecule has 8 nitrogen and oxygen atoms in total. The minimum atomic E-state index is -1.09. The summed E-state index contributed by atoms with van der Waals surface area (Å²) in [4.78, 5) is 37.3. The van der Waals surface area contributed by atoms with Gasteiger partial charge >= 0.3 is 12.1 Å². The monoisotopic (exact) mass is 452 g/mol. The molecule has 0 radical (unpaired) electrons. The van der Waals surface area contributed by atoms with E-state index >= 15 is 0 Å². The van der Waals surface area contributed by atoms with Crippen LogP contribution in [0.5, 0.6) is 0 Å². The molecule has 0 bridgehead atoms. The number of fused-ring (bicyclic) bond motifs is 3. The van der Waals surface area contributed by atoms with Crippen LogP contribution in [0.4, 0.5) is 4.79 Å². The Kier molecular flexibility index (Phi) is 6.65. The second-order valence-corrected chi connectivity index (χ2v) is 8.79. The molecule has 2 aromatic rings. The molecule has 0 saturated carbocycles. The average Bonchev–Trinajstić information content (AvgIpc) is 3.35. The molecule has 1 aliphatic heterocycles. The fraction of sp³-hybridized carbons (Fsp3) is 0.400. The SMILES string of the molecule is C[C@@H]1CN(C(=O)CC(O)CNC(=O)OCC2c3ccccc3-c3ccccc32)C[C@H]1C(=O)O. The number of carbonyl (C=O) groups is 3. The van der Waals surface area contributed by atoms with E-state index in [0.29, 0.717) is 6.54 Å². The minimum Gasteiger partial charge on any atom is -0.481 e. The number of hydrogen-bond acceptors (Lipinski definition) is 5. The zero-order chi connectivity index (χ0) is 23.5. The summed E-state index contributed by atoms with van der Waals surface area (Å²) in [5.74, 6) is -2.04. The lowest BCUT2D eigenvalue weighted by atomic mass is 9.98. The molecule has 3 atom stereocenters. The van der Waals surface area contributed by atoms with Gasteiger partial charge in [0, 0.05) is 25.6 Å². The largest absolute Gasteiger partial charge is 0.481 e. The van der Waals surface area contributed by atoms with E-state index < -0.39 is 24.1 Å². The van der Waals surface area contributed by atoms with Crippen molar-refractivity contribution in [3.05, 3.63) is 59.7 Å². The number of rotatable bonds is 7. The second kappa shape index (κ2) is 9.62. The van der Waals surface area contributed by atoms with E-state index in [1.54, 1.807) is 6.92 Å². The molecule has 3 N–H and O–H groups in total. The average molecular weight is 453 g/mol. The van der Waals surface area contributed by atoms with Crippen molar-refractivity contribution in [3.8, 4) is 11.1 Å². The van der Waals surface area contributed by atoms with Crippen LogP contribution in [0.2, 0.25) is 0 Å². The number of nitrogens with one attached hydrogen (secondary N) is 1. The van der Waals surface area contributed by atoms with Crippen LogP contribution in [0.25, 0.3) is 11.1 Å². The molecule has 1 saturated heterocycles. The van der Waals surface area contributed by atoms with Crippen LogP contribution in [0.3, 0.4) is 0 Å². The summed E-state index contributed by atoms with van der Waals surface area (Å²) < 4.78 is 5.43. The van der Waals surface area contributed by atoms with Gasteiger partial charge < -0.3 is 25.2 Å². The van der Waals surface area contributed by atoms with Gasteiger partial charge in [-0.05, 0) is 28.2 Å². The Bertz CT molecular complexity index is 1010. The molecule has 2 amide bonds. The summed E-state index contributed by atoms with van der Waals surface area (Å²) in [6.45, 7) is 2.32. The van der Waals surface area contributed by atoms with E-state index in [-0.39, 0.29) is 43.9 Å². The van der Waals surface area contributed by atoms with Crippen molar-refractivity contribution in [3.63, 3.8) is 0 Å². The summed E-state index contributed by atoms with van der Waals surface area (Å²) >= 11 is 0. The molecule has 1 unspecified atom stereocenters. The number of carboxylic acids is 1. The van der Waals surface area contributed by atoms with Gasteiger partial charge in [-0.15, -0.1) is 0 Å². The summed E-state index contributed by atoms with van der Waals surface area (Å²) in [6, 6.07) is 16.1. The number of carboxylic acid groups (broad SMARTS) is 1. The Labute approximate surface area is 192 Å². The fourth-order valence-corrected chi connectivity index (χ4v) is 4.75. The number of amides is 2. The van der Waals surface area contributed by atoms with E-state index in [0.717, 1.165) is 22.3 Å². The molecule has 2 aliphatic rings. The van der Waals surface area contributed by atoms with Gasteiger partial charge in [0.2, 0.25) is 5.91 Å². The first-order valence-electron chi connectivity index (χ1n) is 11.1. The zero-order valence-corrected chi connectivity index (χ0v) is 18.4. The smallest absolute Gasteiger partial charge is 0.407 e. The Morgan fingerprint density at radius 1 is 1.06 bits per heavy atom. The van der Waals surface area contributed by atoms with Crippen LogP contribution in [0.15, 0.2) is 48.5 Å². The number of benzene rings is 2. The molecule has 1 fully saturated rings.